The van der Waals surface area contributed by atoms with Crippen molar-refractivity contribution in [3.05, 3.63) is 45.9 Å². The maximum absolute atomic E-state index is 13.4. The van der Waals surface area contributed by atoms with Crippen molar-refractivity contribution in [2.45, 2.75) is 6.54 Å². The van der Waals surface area contributed by atoms with Gasteiger partial charge in [-0.15, -0.1) is 11.3 Å². The van der Waals surface area contributed by atoms with Crippen molar-refractivity contribution < 1.29 is 13.6 Å². The van der Waals surface area contributed by atoms with Gasteiger partial charge in [0.1, 0.15) is 5.69 Å². The number of nitrogen functional groups attached to an aromatic ring is 1. The molecule has 0 saturated carbocycles. The fourth-order valence-corrected chi connectivity index (χ4v) is 2.00. The van der Waals surface area contributed by atoms with Crippen LogP contribution in [0.4, 0.5) is 14.5 Å². The first kappa shape index (κ1) is 13.4. The van der Waals surface area contributed by atoms with Crippen LogP contribution in [0.2, 0.25) is 0 Å². The highest BCUT2D eigenvalue weighted by molar-refractivity contribution is 7.07. The van der Waals surface area contributed by atoms with E-state index in [1.54, 1.807) is 10.9 Å². The Labute approximate surface area is 111 Å². The minimum absolute atomic E-state index is 0.121. The van der Waals surface area contributed by atoms with E-state index in [0.717, 1.165) is 12.1 Å². The van der Waals surface area contributed by atoms with Crippen molar-refractivity contribution in [1.29, 1.82) is 0 Å². The van der Waals surface area contributed by atoms with Gasteiger partial charge in [-0.3, -0.25) is 10.6 Å². The van der Waals surface area contributed by atoms with Crippen molar-refractivity contribution in [3.63, 3.8) is 0 Å². The van der Waals surface area contributed by atoms with Crippen molar-refractivity contribution in [1.82, 2.24) is 10.3 Å². The molecule has 0 bridgehead atoms. The molecule has 2 rings (SSSR count). The van der Waals surface area contributed by atoms with Gasteiger partial charge in [0.15, 0.2) is 11.6 Å². The van der Waals surface area contributed by atoms with E-state index < -0.39 is 23.2 Å². The van der Waals surface area contributed by atoms with Gasteiger partial charge in [0.25, 0.3) is 5.91 Å². The van der Waals surface area contributed by atoms with Crippen molar-refractivity contribution in [2.24, 2.45) is 5.84 Å². The first-order valence-electron chi connectivity index (χ1n) is 5.22. The molecule has 8 heteroatoms. The second-order valence-corrected chi connectivity index (χ2v) is 4.34. The van der Waals surface area contributed by atoms with E-state index in [-0.39, 0.29) is 12.1 Å². The Morgan fingerprint density at radius 2 is 2.05 bits per heavy atom. The average Bonchev–Trinajstić information content (AvgIpc) is 2.88. The Balaban J connectivity index is 2.11. The Bertz CT molecular complexity index is 565. The molecule has 0 aliphatic rings. The molecule has 0 atom stereocenters. The lowest BCUT2D eigenvalue weighted by Crippen LogP contribution is -2.23. The summed E-state index contributed by atoms with van der Waals surface area (Å²) in [6.45, 7) is 0.197. The molecule has 0 aliphatic heterocycles. The lowest BCUT2D eigenvalue weighted by atomic mass is 10.1. The zero-order valence-corrected chi connectivity index (χ0v) is 10.4. The normalized spacial score (nSPS) is 10.3. The van der Waals surface area contributed by atoms with Crippen molar-refractivity contribution >= 4 is 22.9 Å². The summed E-state index contributed by atoms with van der Waals surface area (Å²) in [6.07, 6.45) is 0. The van der Waals surface area contributed by atoms with E-state index in [2.05, 4.69) is 10.3 Å². The van der Waals surface area contributed by atoms with Gasteiger partial charge < -0.3 is 10.7 Å². The zero-order valence-electron chi connectivity index (χ0n) is 9.61. The lowest BCUT2D eigenvalue weighted by Gasteiger charge is -2.07. The van der Waals surface area contributed by atoms with Crippen LogP contribution in [0.1, 0.15) is 16.1 Å². The van der Waals surface area contributed by atoms with E-state index in [9.17, 15) is 13.6 Å². The van der Waals surface area contributed by atoms with Gasteiger partial charge in [0.05, 0.1) is 17.7 Å². The Kier molecular flexibility index (Phi) is 4.03. The van der Waals surface area contributed by atoms with E-state index in [1.807, 2.05) is 5.43 Å². The number of hydrogen-bond donors (Lipinski definition) is 3. The largest absolute Gasteiger partial charge is 0.346 e. The first-order valence-corrected chi connectivity index (χ1v) is 6.17. The molecule has 1 heterocycles. The molecule has 2 aromatic rings. The molecule has 19 heavy (non-hydrogen) atoms. The van der Waals surface area contributed by atoms with Gasteiger partial charge in [0.2, 0.25) is 0 Å². The van der Waals surface area contributed by atoms with Crippen LogP contribution in [0.5, 0.6) is 0 Å². The Hall–Kier alpha value is -2.06. The van der Waals surface area contributed by atoms with Crippen LogP contribution in [0.15, 0.2) is 23.0 Å². The van der Waals surface area contributed by atoms with Gasteiger partial charge in [-0.25, -0.2) is 13.8 Å². The fourth-order valence-electron chi connectivity index (χ4n) is 1.44. The number of nitrogens with zero attached hydrogens (tertiary/aromatic N) is 1. The summed E-state index contributed by atoms with van der Waals surface area (Å²) in [5.41, 5.74) is 3.60. The molecule has 1 aromatic carbocycles. The monoisotopic (exact) mass is 284 g/mol. The fraction of sp³-hybridized carbons (Fsp3) is 0.0909. The van der Waals surface area contributed by atoms with E-state index in [4.69, 9.17) is 5.84 Å². The summed E-state index contributed by atoms with van der Waals surface area (Å²) in [4.78, 5) is 15.7. The van der Waals surface area contributed by atoms with Gasteiger partial charge in [-0.1, -0.05) is 0 Å². The number of carbonyl (C=O) groups is 1. The number of halogens is 2. The number of benzene rings is 1. The molecular weight excluding hydrogens is 274 g/mol. The molecule has 0 unspecified atom stereocenters. The molecule has 5 nitrogen and oxygen atoms in total. The topological polar surface area (TPSA) is 80.0 Å². The number of aromatic nitrogens is 1. The molecule has 100 valence electrons. The van der Waals surface area contributed by atoms with Crippen LogP contribution >= 0.6 is 11.3 Å². The second-order valence-electron chi connectivity index (χ2n) is 3.62. The smallest absolute Gasteiger partial charge is 0.251 e. The molecule has 0 aliphatic carbocycles. The van der Waals surface area contributed by atoms with Crippen LogP contribution in [0, 0.1) is 11.6 Å². The highest BCUT2D eigenvalue weighted by Crippen LogP contribution is 2.19. The first-order chi connectivity index (χ1) is 9.11. The molecule has 4 N–H and O–H groups in total. The summed E-state index contributed by atoms with van der Waals surface area (Å²) in [5.74, 6) is 2.52. The molecule has 0 saturated heterocycles. The van der Waals surface area contributed by atoms with Crippen LogP contribution in [0.3, 0.4) is 0 Å². The molecule has 1 amide bonds. The Morgan fingerprint density at radius 1 is 1.37 bits per heavy atom. The number of anilines is 1. The molecule has 0 radical (unpaired) electrons. The average molecular weight is 284 g/mol. The third kappa shape index (κ3) is 3.04. The van der Waals surface area contributed by atoms with Crippen LogP contribution in [-0.4, -0.2) is 10.9 Å². The third-order valence-corrected chi connectivity index (χ3v) is 3.00. The summed E-state index contributed by atoms with van der Waals surface area (Å²) in [7, 11) is 0. The minimum Gasteiger partial charge on any atom is -0.346 e. The van der Waals surface area contributed by atoms with E-state index in [1.165, 1.54) is 11.3 Å². The number of thiazole rings is 1. The summed E-state index contributed by atoms with van der Waals surface area (Å²) in [5, 5.41) is 4.28. The molecule has 0 fully saturated rings. The van der Waals surface area contributed by atoms with Gasteiger partial charge >= 0.3 is 0 Å². The summed E-state index contributed by atoms with van der Waals surface area (Å²) < 4.78 is 26.8. The number of rotatable bonds is 4. The predicted octanol–water partition coefficient (Wildman–Crippen LogP) is 1.64. The summed E-state index contributed by atoms with van der Waals surface area (Å²) >= 11 is 1.39. The minimum atomic E-state index is -0.929. The number of nitrogens with two attached hydrogens (primary N) is 1. The second kappa shape index (κ2) is 5.72. The number of nitrogens with one attached hydrogen (secondary N) is 2. The third-order valence-electron chi connectivity index (χ3n) is 2.36. The van der Waals surface area contributed by atoms with Gasteiger partial charge in [-0.2, -0.15) is 0 Å². The number of hydrazine groups is 1. The van der Waals surface area contributed by atoms with Crippen molar-refractivity contribution in [2.75, 3.05) is 5.43 Å². The van der Waals surface area contributed by atoms with Gasteiger partial charge in [0, 0.05) is 10.9 Å². The maximum atomic E-state index is 13.4. The Morgan fingerprint density at radius 3 is 2.58 bits per heavy atom. The lowest BCUT2D eigenvalue weighted by molar-refractivity contribution is 0.0949. The van der Waals surface area contributed by atoms with Crippen LogP contribution < -0.4 is 16.6 Å². The highest BCUT2D eigenvalue weighted by atomic mass is 32.1. The van der Waals surface area contributed by atoms with Crippen LogP contribution in [0.25, 0.3) is 0 Å². The van der Waals surface area contributed by atoms with Gasteiger partial charge in [-0.05, 0) is 12.1 Å². The molecule has 1 aromatic heterocycles. The zero-order chi connectivity index (χ0) is 13.8. The standard InChI is InChI=1S/C11H10F2N4OS/c12-8-1-6(2-9(13)10(8)17-14)11(18)15-3-7-4-19-5-16-7/h1-2,4-5,17H,3,14H2,(H,15,18). The van der Waals surface area contributed by atoms with Crippen molar-refractivity contribution in [3.8, 4) is 0 Å². The number of carbonyl (C=O) groups excluding carboxylic acids is 1. The quantitative estimate of drug-likeness (QED) is 0.589. The summed E-state index contributed by atoms with van der Waals surface area (Å²) in [6, 6.07) is 1.82. The molecular formula is C11H10F2N4OS. The SMILES string of the molecule is NNc1c(F)cc(C(=O)NCc2cscn2)cc1F. The van der Waals surface area contributed by atoms with E-state index >= 15 is 0 Å². The molecule has 0 spiro atoms. The maximum Gasteiger partial charge on any atom is 0.251 e. The predicted molar refractivity (Wildman–Crippen MR) is 67.5 cm³/mol. The number of amides is 1. The van der Waals surface area contributed by atoms with Crippen LogP contribution in [-0.2, 0) is 6.54 Å². The van der Waals surface area contributed by atoms with E-state index in [0.29, 0.717) is 5.69 Å². The highest BCUT2D eigenvalue weighted by Gasteiger charge is 2.14. The number of hydrogen-bond acceptors (Lipinski definition) is 5.